The third-order valence-corrected chi connectivity index (χ3v) is 3.78. The van der Waals surface area contributed by atoms with Gasteiger partial charge in [0, 0.05) is 39.5 Å². The molecule has 0 saturated heterocycles. The molecule has 0 radical (unpaired) electrons. The minimum Gasteiger partial charge on any atom is -0.382 e. The second-order valence-corrected chi connectivity index (χ2v) is 5.72. The van der Waals surface area contributed by atoms with Gasteiger partial charge in [0.25, 0.3) is 0 Å². The Hall–Kier alpha value is -0.810. The Bertz CT molecular complexity index is 279. The van der Waals surface area contributed by atoms with Crippen LogP contribution in [0.5, 0.6) is 0 Å². The van der Waals surface area contributed by atoms with Crippen LogP contribution in [-0.4, -0.2) is 51.5 Å². The van der Waals surface area contributed by atoms with Gasteiger partial charge in [-0.05, 0) is 39.5 Å². The van der Waals surface area contributed by atoms with Crippen molar-refractivity contribution in [2.75, 3.05) is 39.5 Å². The van der Waals surface area contributed by atoms with Gasteiger partial charge in [-0.15, -0.1) is 0 Å². The molecule has 0 aromatic rings. The summed E-state index contributed by atoms with van der Waals surface area (Å²) in [5.74, 6) is 0.900. The summed E-state index contributed by atoms with van der Waals surface area (Å²) < 4.78 is 11.3. The topological polar surface area (TPSA) is 54.9 Å². The van der Waals surface area contributed by atoms with Crippen molar-refractivity contribution in [3.8, 4) is 0 Å². The number of ether oxygens (including phenoxy) is 2. The molecule has 130 valence electrons. The van der Waals surface area contributed by atoms with E-state index in [1.165, 1.54) is 32.1 Å². The zero-order valence-corrected chi connectivity index (χ0v) is 14.5. The molecule has 2 N–H and O–H groups in total. The molecule has 0 bridgehead atoms. The molecule has 5 nitrogen and oxygen atoms in total. The lowest BCUT2D eigenvalue weighted by Gasteiger charge is -2.22. The fourth-order valence-corrected chi connectivity index (χ4v) is 2.60. The summed E-state index contributed by atoms with van der Waals surface area (Å²) in [5.41, 5.74) is 0. The first-order valence-electron chi connectivity index (χ1n) is 9.08. The monoisotopic (exact) mass is 313 g/mol. The molecule has 1 saturated carbocycles. The van der Waals surface area contributed by atoms with Gasteiger partial charge in [0.15, 0.2) is 5.96 Å². The van der Waals surface area contributed by atoms with Gasteiger partial charge >= 0.3 is 0 Å². The minimum absolute atomic E-state index is 0.509. The Morgan fingerprint density at radius 2 is 1.86 bits per heavy atom. The molecular weight excluding hydrogens is 278 g/mol. The highest BCUT2D eigenvalue weighted by atomic mass is 16.5. The highest BCUT2D eigenvalue weighted by molar-refractivity contribution is 5.79. The van der Waals surface area contributed by atoms with Crippen LogP contribution in [0.2, 0.25) is 0 Å². The maximum Gasteiger partial charge on any atom is 0.191 e. The average molecular weight is 313 g/mol. The number of hydrogen-bond acceptors (Lipinski definition) is 3. The van der Waals surface area contributed by atoms with E-state index < -0.39 is 0 Å². The lowest BCUT2D eigenvalue weighted by atomic mass is 9.98. The van der Waals surface area contributed by atoms with Gasteiger partial charge in [0.05, 0.1) is 6.10 Å². The Kier molecular flexibility index (Phi) is 12.1. The van der Waals surface area contributed by atoms with Crippen molar-refractivity contribution in [2.24, 2.45) is 4.99 Å². The number of rotatable bonds is 11. The fraction of sp³-hybridized carbons (Fsp3) is 0.941. The quantitative estimate of drug-likeness (QED) is 0.350. The second-order valence-electron chi connectivity index (χ2n) is 5.72. The summed E-state index contributed by atoms with van der Waals surface area (Å²) in [6.07, 6.45) is 9.05. The molecule has 22 heavy (non-hydrogen) atoms. The smallest absolute Gasteiger partial charge is 0.191 e. The number of hydrogen-bond donors (Lipinski definition) is 2. The van der Waals surface area contributed by atoms with Gasteiger partial charge in [-0.3, -0.25) is 4.99 Å². The number of nitrogens with one attached hydrogen (secondary N) is 2. The van der Waals surface area contributed by atoms with Crippen molar-refractivity contribution in [3.63, 3.8) is 0 Å². The largest absolute Gasteiger partial charge is 0.382 e. The summed E-state index contributed by atoms with van der Waals surface area (Å²) in [7, 11) is 0. The summed E-state index contributed by atoms with van der Waals surface area (Å²) in [4.78, 5) is 4.55. The van der Waals surface area contributed by atoms with Crippen molar-refractivity contribution in [3.05, 3.63) is 0 Å². The molecule has 0 aromatic heterocycles. The lowest BCUT2D eigenvalue weighted by Crippen LogP contribution is -2.38. The molecule has 0 aliphatic heterocycles. The van der Waals surface area contributed by atoms with E-state index in [2.05, 4.69) is 22.5 Å². The lowest BCUT2D eigenvalue weighted by molar-refractivity contribution is 0.0277. The first kappa shape index (κ1) is 19.2. The molecule has 0 spiro atoms. The van der Waals surface area contributed by atoms with Crippen molar-refractivity contribution in [2.45, 2.75) is 64.9 Å². The molecule has 0 unspecified atom stereocenters. The van der Waals surface area contributed by atoms with Crippen molar-refractivity contribution < 1.29 is 9.47 Å². The maximum absolute atomic E-state index is 5.93. The van der Waals surface area contributed by atoms with E-state index in [1.54, 1.807) is 0 Å². The van der Waals surface area contributed by atoms with Gasteiger partial charge in [0.1, 0.15) is 0 Å². The van der Waals surface area contributed by atoms with Crippen LogP contribution in [-0.2, 0) is 9.47 Å². The van der Waals surface area contributed by atoms with Crippen molar-refractivity contribution in [1.82, 2.24) is 10.6 Å². The van der Waals surface area contributed by atoms with Crippen molar-refractivity contribution in [1.29, 1.82) is 0 Å². The van der Waals surface area contributed by atoms with E-state index in [1.807, 2.05) is 6.92 Å². The first-order chi connectivity index (χ1) is 10.9. The Balaban J connectivity index is 2.05. The van der Waals surface area contributed by atoms with Crippen LogP contribution < -0.4 is 10.6 Å². The number of guanidine groups is 1. The third-order valence-electron chi connectivity index (χ3n) is 3.78. The van der Waals surface area contributed by atoms with Crippen LogP contribution in [0.1, 0.15) is 58.8 Å². The molecule has 1 rings (SSSR count). The second kappa shape index (κ2) is 13.8. The van der Waals surface area contributed by atoms with E-state index in [9.17, 15) is 0 Å². The van der Waals surface area contributed by atoms with Crippen LogP contribution in [0, 0.1) is 0 Å². The maximum atomic E-state index is 5.93. The summed E-state index contributed by atoms with van der Waals surface area (Å²) in [6.45, 7) is 9.11. The van der Waals surface area contributed by atoms with Crippen LogP contribution in [0.3, 0.4) is 0 Å². The van der Waals surface area contributed by atoms with E-state index >= 15 is 0 Å². The van der Waals surface area contributed by atoms with Gasteiger partial charge in [-0.1, -0.05) is 19.3 Å². The zero-order valence-electron chi connectivity index (χ0n) is 14.5. The standard InChI is InChI=1S/C17H35N3O2/c1-3-18-17(19-12-8-14-21-4-2)20-13-9-15-22-16-10-6-5-7-11-16/h16H,3-15H2,1-2H3,(H2,18,19,20). The molecule has 1 aliphatic rings. The highest BCUT2D eigenvalue weighted by Crippen LogP contribution is 2.20. The van der Waals surface area contributed by atoms with Gasteiger partial charge in [-0.25, -0.2) is 0 Å². The van der Waals surface area contributed by atoms with E-state index in [4.69, 9.17) is 9.47 Å². The van der Waals surface area contributed by atoms with E-state index in [0.29, 0.717) is 6.10 Å². The molecule has 0 aromatic carbocycles. The van der Waals surface area contributed by atoms with Crippen LogP contribution >= 0.6 is 0 Å². The number of nitrogens with zero attached hydrogens (tertiary/aromatic N) is 1. The molecule has 1 fully saturated rings. The number of aliphatic imine (C=N–C) groups is 1. The SMILES string of the molecule is CCNC(=NCCCOCC)NCCCOC1CCCCC1. The molecular formula is C17H35N3O2. The van der Waals surface area contributed by atoms with Crippen LogP contribution in [0.15, 0.2) is 4.99 Å². The van der Waals surface area contributed by atoms with E-state index in [0.717, 1.165) is 58.3 Å². The van der Waals surface area contributed by atoms with Gasteiger partial charge in [-0.2, -0.15) is 0 Å². The van der Waals surface area contributed by atoms with Crippen LogP contribution in [0.4, 0.5) is 0 Å². The molecule has 5 heteroatoms. The predicted molar refractivity (Wildman–Crippen MR) is 92.5 cm³/mol. The Morgan fingerprint density at radius 1 is 1.05 bits per heavy atom. The normalized spacial score (nSPS) is 16.7. The summed E-state index contributed by atoms with van der Waals surface area (Å²) in [5, 5.41) is 6.64. The Morgan fingerprint density at radius 3 is 2.59 bits per heavy atom. The third kappa shape index (κ3) is 10.0. The highest BCUT2D eigenvalue weighted by Gasteiger charge is 2.12. The first-order valence-corrected chi connectivity index (χ1v) is 9.08. The molecule has 1 aliphatic carbocycles. The average Bonchev–Trinajstić information content (AvgIpc) is 2.55. The van der Waals surface area contributed by atoms with Crippen LogP contribution in [0.25, 0.3) is 0 Å². The summed E-state index contributed by atoms with van der Waals surface area (Å²) >= 11 is 0. The Labute approximate surface area is 136 Å². The van der Waals surface area contributed by atoms with Gasteiger partial charge in [0.2, 0.25) is 0 Å². The molecule has 0 atom stereocenters. The van der Waals surface area contributed by atoms with Gasteiger partial charge < -0.3 is 20.1 Å². The van der Waals surface area contributed by atoms with Crippen molar-refractivity contribution >= 4 is 5.96 Å². The fourth-order valence-electron chi connectivity index (χ4n) is 2.60. The molecule has 0 heterocycles. The summed E-state index contributed by atoms with van der Waals surface area (Å²) in [6, 6.07) is 0. The predicted octanol–water partition coefficient (Wildman–Crippen LogP) is 2.71. The van der Waals surface area contributed by atoms with E-state index in [-0.39, 0.29) is 0 Å². The minimum atomic E-state index is 0.509. The zero-order chi connectivity index (χ0) is 15.9. The molecule has 0 amide bonds.